The third kappa shape index (κ3) is 6.69. The molecule has 1 aromatic carbocycles. The van der Waals surface area contributed by atoms with Crippen LogP contribution < -0.4 is 10.6 Å². The molecule has 3 aromatic rings. The molecule has 0 atom stereocenters. The van der Waals surface area contributed by atoms with Crippen molar-refractivity contribution in [2.24, 2.45) is 0 Å². The first-order valence-corrected chi connectivity index (χ1v) is 12.6. The average Bonchev–Trinajstić information content (AvgIpc) is 3.30. The van der Waals surface area contributed by atoms with Crippen LogP contribution >= 0.6 is 11.6 Å². The molecule has 1 amide bonds. The van der Waals surface area contributed by atoms with Gasteiger partial charge in [0, 0.05) is 70.3 Å². The second-order valence-electron chi connectivity index (χ2n) is 9.34. The second-order valence-corrected chi connectivity index (χ2v) is 9.68. The first-order chi connectivity index (χ1) is 18.7. The van der Waals surface area contributed by atoms with E-state index >= 15 is 0 Å². The van der Waals surface area contributed by atoms with Crippen molar-refractivity contribution in [1.29, 1.82) is 0 Å². The SMILES string of the molecule is CNc1nc(Cl)nc(Nc2cc(CN3CCN(C(=O)CN4Cc5cncnc5C4)CC3)cc(C(F)(F)F)c2)n1. The molecule has 4 heterocycles. The monoisotopic (exact) mass is 562 g/mol. The van der Waals surface area contributed by atoms with E-state index in [4.69, 9.17) is 11.6 Å². The van der Waals surface area contributed by atoms with Crippen molar-refractivity contribution in [3.05, 3.63) is 58.4 Å². The minimum atomic E-state index is -4.54. The van der Waals surface area contributed by atoms with Crippen molar-refractivity contribution in [1.82, 2.24) is 39.6 Å². The number of alkyl halides is 3. The van der Waals surface area contributed by atoms with Crippen molar-refractivity contribution in [3.8, 4) is 0 Å². The van der Waals surface area contributed by atoms with E-state index in [1.165, 1.54) is 6.33 Å². The number of nitrogens with one attached hydrogen (secondary N) is 2. The molecule has 15 heteroatoms. The highest BCUT2D eigenvalue weighted by atomic mass is 35.5. The molecule has 0 unspecified atom stereocenters. The lowest BCUT2D eigenvalue weighted by Gasteiger charge is -2.35. The number of hydrogen-bond acceptors (Lipinski definition) is 10. The quantitative estimate of drug-likeness (QED) is 0.445. The number of fused-ring (bicyclic) bond motifs is 1. The van der Waals surface area contributed by atoms with E-state index in [2.05, 4.69) is 35.6 Å². The normalized spacial score (nSPS) is 16.3. The van der Waals surface area contributed by atoms with E-state index in [1.807, 2.05) is 9.80 Å². The zero-order valence-corrected chi connectivity index (χ0v) is 21.8. The third-order valence-electron chi connectivity index (χ3n) is 6.55. The number of aromatic nitrogens is 5. The van der Waals surface area contributed by atoms with Gasteiger partial charge < -0.3 is 15.5 Å². The van der Waals surface area contributed by atoms with Gasteiger partial charge in [-0.2, -0.15) is 28.1 Å². The Labute approximate surface area is 227 Å². The van der Waals surface area contributed by atoms with Gasteiger partial charge in [-0.1, -0.05) is 0 Å². The van der Waals surface area contributed by atoms with Gasteiger partial charge in [-0.3, -0.25) is 14.6 Å². The van der Waals surface area contributed by atoms with Crippen LogP contribution in [0.3, 0.4) is 0 Å². The number of amides is 1. The van der Waals surface area contributed by atoms with Crippen LogP contribution in [0, 0.1) is 0 Å². The summed E-state index contributed by atoms with van der Waals surface area (Å²) in [4.78, 5) is 38.9. The fraction of sp³-hybridized carbons (Fsp3) is 0.417. The van der Waals surface area contributed by atoms with Crippen LogP contribution in [0.15, 0.2) is 30.7 Å². The zero-order valence-electron chi connectivity index (χ0n) is 21.0. The lowest BCUT2D eigenvalue weighted by atomic mass is 10.1. The van der Waals surface area contributed by atoms with Gasteiger partial charge in [-0.25, -0.2) is 9.97 Å². The standard InChI is InChI=1S/C24H26ClF3N10O/c1-29-22-33-21(25)34-23(35-22)32-18-7-15(6-17(8-18)24(26,27)28)10-36-2-4-38(5-3-36)20(39)13-37-11-16-9-30-14-31-19(16)12-37/h6-9,14H,2-5,10-13H2,1H3,(H2,29,32,33,34,35). The lowest BCUT2D eigenvalue weighted by molar-refractivity contribution is -0.138. The highest BCUT2D eigenvalue weighted by Crippen LogP contribution is 2.33. The summed E-state index contributed by atoms with van der Waals surface area (Å²) in [6.45, 7) is 3.93. The maximum atomic E-state index is 13.7. The highest BCUT2D eigenvalue weighted by molar-refractivity contribution is 6.28. The van der Waals surface area contributed by atoms with Crippen LogP contribution in [-0.4, -0.2) is 85.3 Å². The number of nitrogens with zero attached hydrogens (tertiary/aromatic N) is 8. The number of piperazine rings is 1. The van der Waals surface area contributed by atoms with Crippen molar-refractivity contribution in [2.75, 3.05) is 50.4 Å². The van der Waals surface area contributed by atoms with Crippen LogP contribution in [0.2, 0.25) is 5.28 Å². The summed E-state index contributed by atoms with van der Waals surface area (Å²) >= 11 is 5.90. The molecule has 2 aliphatic heterocycles. The Balaban J connectivity index is 1.21. The molecule has 2 N–H and O–H groups in total. The molecule has 5 rings (SSSR count). The maximum absolute atomic E-state index is 13.7. The highest BCUT2D eigenvalue weighted by Gasteiger charge is 2.32. The number of anilines is 3. The first-order valence-electron chi connectivity index (χ1n) is 12.2. The van der Waals surface area contributed by atoms with Crippen molar-refractivity contribution < 1.29 is 18.0 Å². The molecule has 11 nitrogen and oxygen atoms in total. The number of halogens is 4. The molecule has 0 saturated carbocycles. The fourth-order valence-electron chi connectivity index (χ4n) is 4.65. The minimum absolute atomic E-state index is 0.0184. The van der Waals surface area contributed by atoms with Crippen molar-refractivity contribution >= 4 is 35.1 Å². The number of hydrogen-bond donors (Lipinski definition) is 2. The van der Waals surface area contributed by atoms with Crippen LogP contribution in [0.1, 0.15) is 22.4 Å². The van der Waals surface area contributed by atoms with Gasteiger partial charge in [-0.15, -0.1) is 0 Å². The van der Waals surface area contributed by atoms with Gasteiger partial charge in [0.25, 0.3) is 0 Å². The van der Waals surface area contributed by atoms with Crippen LogP contribution in [0.25, 0.3) is 0 Å². The smallest absolute Gasteiger partial charge is 0.357 e. The van der Waals surface area contributed by atoms with E-state index < -0.39 is 11.7 Å². The molecule has 2 aliphatic rings. The predicted octanol–water partition coefficient (Wildman–Crippen LogP) is 2.78. The third-order valence-corrected chi connectivity index (χ3v) is 6.72. The van der Waals surface area contributed by atoms with Crippen LogP contribution in [0.5, 0.6) is 0 Å². The second kappa shape index (κ2) is 11.2. The first kappa shape index (κ1) is 27.0. The molecule has 206 valence electrons. The molecule has 1 saturated heterocycles. The molecule has 39 heavy (non-hydrogen) atoms. The van der Waals surface area contributed by atoms with Gasteiger partial charge in [0.1, 0.15) is 6.33 Å². The van der Waals surface area contributed by atoms with Gasteiger partial charge >= 0.3 is 6.18 Å². The number of carbonyl (C=O) groups excluding carboxylic acids is 1. The molecule has 1 fully saturated rings. The van der Waals surface area contributed by atoms with Gasteiger partial charge in [-0.05, 0) is 35.4 Å². The summed E-state index contributed by atoms with van der Waals surface area (Å²) in [6, 6.07) is 3.76. The van der Waals surface area contributed by atoms with Gasteiger partial charge in [0.15, 0.2) is 0 Å². The maximum Gasteiger partial charge on any atom is 0.416 e. The minimum Gasteiger partial charge on any atom is -0.357 e. The molecule has 0 radical (unpaired) electrons. The zero-order chi connectivity index (χ0) is 27.6. The number of rotatable bonds is 7. The Hall–Kier alpha value is -3.62. The summed E-state index contributed by atoms with van der Waals surface area (Å²) < 4.78 is 41.0. The Bertz CT molecular complexity index is 1320. The summed E-state index contributed by atoms with van der Waals surface area (Å²) in [5.74, 6) is 0.225. The van der Waals surface area contributed by atoms with Crippen LogP contribution in [-0.2, 0) is 30.6 Å². The van der Waals surface area contributed by atoms with Crippen LogP contribution in [0.4, 0.5) is 30.8 Å². The Kier molecular flexibility index (Phi) is 7.77. The van der Waals surface area contributed by atoms with E-state index in [0.29, 0.717) is 51.4 Å². The summed E-state index contributed by atoms with van der Waals surface area (Å²) in [5.41, 5.74) is 1.83. The van der Waals surface area contributed by atoms with Gasteiger partial charge in [0.2, 0.25) is 23.1 Å². The molecule has 0 spiro atoms. The van der Waals surface area contributed by atoms with E-state index in [9.17, 15) is 18.0 Å². The Morgan fingerprint density at radius 3 is 2.51 bits per heavy atom. The lowest BCUT2D eigenvalue weighted by Crippen LogP contribution is -2.50. The number of benzene rings is 1. The van der Waals surface area contributed by atoms with E-state index in [0.717, 1.165) is 23.4 Å². The number of carbonyl (C=O) groups is 1. The molecular formula is C24H26ClF3N10O. The average molecular weight is 563 g/mol. The Morgan fingerprint density at radius 1 is 1.03 bits per heavy atom. The topological polar surface area (TPSA) is 115 Å². The molecule has 0 bridgehead atoms. The van der Waals surface area contributed by atoms with Gasteiger partial charge in [0.05, 0.1) is 17.8 Å². The molecule has 2 aromatic heterocycles. The van der Waals surface area contributed by atoms with Crippen molar-refractivity contribution in [3.63, 3.8) is 0 Å². The van der Waals surface area contributed by atoms with E-state index in [1.54, 1.807) is 24.2 Å². The summed E-state index contributed by atoms with van der Waals surface area (Å²) in [5, 5.41) is 5.43. The molecular weight excluding hydrogens is 537 g/mol. The van der Waals surface area contributed by atoms with E-state index in [-0.39, 0.29) is 35.3 Å². The predicted molar refractivity (Wildman–Crippen MR) is 137 cm³/mol. The molecule has 0 aliphatic carbocycles. The Morgan fingerprint density at radius 2 is 1.79 bits per heavy atom. The van der Waals surface area contributed by atoms with Crippen molar-refractivity contribution in [2.45, 2.75) is 25.8 Å². The summed E-state index contributed by atoms with van der Waals surface area (Å²) in [6.07, 6.45) is -1.25. The fourth-order valence-corrected chi connectivity index (χ4v) is 4.81. The largest absolute Gasteiger partial charge is 0.416 e. The summed E-state index contributed by atoms with van der Waals surface area (Å²) in [7, 11) is 1.59.